The molecule has 6 heteroatoms. The lowest BCUT2D eigenvalue weighted by atomic mass is 10.1. The Morgan fingerprint density at radius 2 is 2.05 bits per heavy atom. The van der Waals surface area contributed by atoms with Crippen LogP contribution >= 0.6 is 11.3 Å². The van der Waals surface area contributed by atoms with Crippen LogP contribution in [0.5, 0.6) is 0 Å². The lowest BCUT2D eigenvalue weighted by molar-refractivity contribution is 0.000664. The number of fused-ring (bicyclic) bond motifs is 1. The molecule has 2 rings (SSSR count). The average Bonchev–Trinajstić information content (AvgIpc) is 2.91. The number of nitrogens with one attached hydrogen (secondary N) is 2. The molecule has 21 heavy (non-hydrogen) atoms. The lowest BCUT2D eigenvalue weighted by Crippen LogP contribution is -2.33. The van der Waals surface area contributed by atoms with Gasteiger partial charge in [0.25, 0.3) is 0 Å². The first-order valence-electron chi connectivity index (χ1n) is 7.42. The first-order valence-corrected chi connectivity index (χ1v) is 8.30. The fourth-order valence-corrected chi connectivity index (χ4v) is 2.81. The lowest BCUT2D eigenvalue weighted by Gasteiger charge is -2.25. The highest BCUT2D eigenvalue weighted by Gasteiger charge is 2.18. The molecule has 2 aromatic heterocycles. The molecule has 2 heterocycles. The third kappa shape index (κ3) is 4.28. The summed E-state index contributed by atoms with van der Waals surface area (Å²) in [6.45, 7) is 10.6. The number of hydrogen-bond acceptors (Lipinski definition) is 6. The summed E-state index contributed by atoms with van der Waals surface area (Å²) < 4.78 is 5.72. The monoisotopic (exact) mass is 308 g/mol. The van der Waals surface area contributed by atoms with Crippen molar-refractivity contribution in [2.75, 3.05) is 30.3 Å². The summed E-state index contributed by atoms with van der Waals surface area (Å²) in [5.74, 6) is 1.55. The molecule has 0 saturated heterocycles. The minimum atomic E-state index is -0.223. The van der Waals surface area contributed by atoms with Crippen LogP contribution in [0.4, 0.5) is 11.8 Å². The molecule has 0 unspecified atom stereocenters. The van der Waals surface area contributed by atoms with Crippen LogP contribution in [0.2, 0.25) is 0 Å². The van der Waals surface area contributed by atoms with E-state index in [0.717, 1.165) is 29.0 Å². The van der Waals surface area contributed by atoms with Gasteiger partial charge in [0.2, 0.25) is 5.95 Å². The van der Waals surface area contributed by atoms with Crippen molar-refractivity contribution in [2.45, 2.75) is 39.7 Å². The molecule has 0 radical (unpaired) electrons. The van der Waals surface area contributed by atoms with Gasteiger partial charge >= 0.3 is 0 Å². The first kappa shape index (κ1) is 16.0. The summed E-state index contributed by atoms with van der Waals surface area (Å²) in [4.78, 5) is 10.1. The van der Waals surface area contributed by atoms with E-state index >= 15 is 0 Å². The van der Waals surface area contributed by atoms with Crippen LogP contribution < -0.4 is 10.6 Å². The molecule has 116 valence electrons. The molecule has 0 bridgehead atoms. The predicted molar refractivity (Wildman–Crippen MR) is 90.4 cm³/mol. The van der Waals surface area contributed by atoms with E-state index in [1.807, 2.05) is 12.3 Å². The minimum Gasteiger partial charge on any atom is -0.374 e. The van der Waals surface area contributed by atoms with E-state index in [-0.39, 0.29) is 5.60 Å². The third-order valence-corrected chi connectivity index (χ3v) is 3.88. The predicted octanol–water partition coefficient (Wildman–Crippen LogP) is 3.74. The molecule has 0 aliphatic rings. The second-order valence-corrected chi connectivity index (χ2v) is 6.40. The van der Waals surface area contributed by atoms with E-state index in [1.54, 1.807) is 11.3 Å². The topological polar surface area (TPSA) is 59.1 Å². The van der Waals surface area contributed by atoms with Gasteiger partial charge < -0.3 is 15.4 Å². The normalized spacial score (nSPS) is 11.8. The highest BCUT2D eigenvalue weighted by Crippen LogP contribution is 2.27. The van der Waals surface area contributed by atoms with Gasteiger partial charge in [-0.15, -0.1) is 11.3 Å². The van der Waals surface area contributed by atoms with Crippen LogP contribution in [0.15, 0.2) is 11.4 Å². The van der Waals surface area contributed by atoms with E-state index in [1.165, 1.54) is 0 Å². The zero-order chi connectivity index (χ0) is 15.3. The molecule has 0 saturated carbocycles. The second kappa shape index (κ2) is 7.04. The number of aromatic nitrogens is 2. The smallest absolute Gasteiger partial charge is 0.226 e. The van der Waals surface area contributed by atoms with Gasteiger partial charge in [0.05, 0.1) is 11.0 Å². The quantitative estimate of drug-likeness (QED) is 0.778. The zero-order valence-corrected chi connectivity index (χ0v) is 14.0. The zero-order valence-electron chi connectivity index (χ0n) is 13.2. The SMILES string of the molecule is CCCNc1nc(NCC(C)(C)OCC)c2ccsc2n1. The minimum absolute atomic E-state index is 0.223. The number of nitrogens with zero attached hydrogens (tertiary/aromatic N) is 2. The van der Waals surface area contributed by atoms with Crippen LogP contribution in [0.3, 0.4) is 0 Å². The highest BCUT2D eigenvalue weighted by molar-refractivity contribution is 7.16. The van der Waals surface area contributed by atoms with Gasteiger partial charge in [-0.05, 0) is 38.6 Å². The summed E-state index contributed by atoms with van der Waals surface area (Å²) in [5, 5.41) is 9.77. The molecular weight excluding hydrogens is 284 g/mol. The maximum absolute atomic E-state index is 5.72. The second-order valence-electron chi connectivity index (χ2n) is 5.51. The van der Waals surface area contributed by atoms with Crippen molar-refractivity contribution in [3.8, 4) is 0 Å². The standard InChI is InChI=1S/C15H24N4OS/c1-5-8-16-14-18-12(11-7-9-21-13(11)19-14)17-10-15(3,4)20-6-2/h7,9H,5-6,8,10H2,1-4H3,(H2,16,17,18,19). The average molecular weight is 308 g/mol. The number of thiophene rings is 1. The molecule has 2 N–H and O–H groups in total. The Morgan fingerprint density at radius 1 is 1.24 bits per heavy atom. The number of rotatable bonds is 8. The van der Waals surface area contributed by atoms with Crippen LogP contribution in [-0.2, 0) is 4.74 Å². The highest BCUT2D eigenvalue weighted by atomic mass is 32.1. The van der Waals surface area contributed by atoms with Gasteiger partial charge in [0.15, 0.2) is 0 Å². The largest absolute Gasteiger partial charge is 0.374 e. The molecule has 5 nitrogen and oxygen atoms in total. The van der Waals surface area contributed by atoms with Gasteiger partial charge in [0.1, 0.15) is 10.6 Å². The van der Waals surface area contributed by atoms with Crippen LogP contribution in [-0.4, -0.2) is 35.3 Å². The van der Waals surface area contributed by atoms with Crippen LogP contribution in [0.25, 0.3) is 10.2 Å². The molecule has 0 aliphatic heterocycles. The van der Waals surface area contributed by atoms with E-state index in [4.69, 9.17) is 4.74 Å². The van der Waals surface area contributed by atoms with E-state index in [2.05, 4.69) is 47.4 Å². The van der Waals surface area contributed by atoms with Crippen molar-refractivity contribution in [3.05, 3.63) is 11.4 Å². The number of ether oxygens (including phenoxy) is 1. The molecule has 0 fully saturated rings. The first-order chi connectivity index (χ1) is 10.1. The Balaban J connectivity index is 2.18. The van der Waals surface area contributed by atoms with Gasteiger partial charge in [0, 0.05) is 19.7 Å². The van der Waals surface area contributed by atoms with Crippen molar-refractivity contribution >= 4 is 33.3 Å². The van der Waals surface area contributed by atoms with Gasteiger partial charge in [-0.1, -0.05) is 6.92 Å². The fraction of sp³-hybridized carbons (Fsp3) is 0.600. The Labute approximate surface area is 130 Å². The summed E-state index contributed by atoms with van der Waals surface area (Å²) in [6.07, 6.45) is 1.05. The van der Waals surface area contributed by atoms with Crippen molar-refractivity contribution in [3.63, 3.8) is 0 Å². The van der Waals surface area contributed by atoms with Crippen LogP contribution in [0.1, 0.15) is 34.1 Å². The number of anilines is 2. The Bertz CT molecular complexity index is 582. The summed E-state index contributed by atoms with van der Waals surface area (Å²) >= 11 is 1.63. The Hall–Kier alpha value is -1.40. The van der Waals surface area contributed by atoms with Crippen molar-refractivity contribution in [1.29, 1.82) is 0 Å². The summed E-state index contributed by atoms with van der Waals surface area (Å²) in [7, 11) is 0. The van der Waals surface area contributed by atoms with E-state index in [9.17, 15) is 0 Å². The molecule has 2 aromatic rings. The summed E-state index contributed by atoms with van der Waals surface area (Å²) in [6, 6.07) is 2.06. The van der Waals surface area contributed by atoms with Crippen molar-refractivity contribution < 1.29 is 4.74 Å². The number of hydrogen-bond donors (Lipinski definition) is 2. The molecule has 0 spiro atoms. The van der Waals surface area contributed by atoms with E-state index in [0.29, 0.717) is 19.1 Å². The fourth-order valence-electron chi connectivity index (χ4n) is 2.04. The maximum atomic E-state index is 5.72. The Morgan fingerprint density at radius 3 is 2.76 bits per heavy atom. The summed E-state index contributed by atoms with van der Waals surface area (Å²) in [5.41, 5.74) is -0.223. The molecule has 0 aliphatic carbocycles. The van der Waals surface area contributed by atoms with Gasteiger partial charge in [-0.3, -0.25) is 0 Å². The molecular formula is C15H24N4OS. The molecule has 0 aromatic carbocycles. The third-order valence-electron chi connectivity index (χ3n) is 3.07. The van der Waals surface area contributed by atoms with Gasteiger partial charge in [-0.25, -0.2) is 4.98 Å². The molecule has 0 atom stereocenters. The van der Waals surface area contributed by atoms with Crippen molar-refractivity contribution in [2.24, 2.45) is 0 Å². The van der Waals surface area contributed by atoms with Crippen LogP contribution in [0, 0.1) is 0 Å². The Kier molecular flexibility index (Phi) is 5.36. The van der Waals surface area contributed by atoms with Crippen molar-refractivity contribution in [1.82, 2.24) is 9.97 Å². The molecule has 0 amide bonds. The maximum Gasteiger partial charge on any atom is 0.226 e. The van der Waals surface area contributed by atoms with Gasteiger partial charge in [-0.2, -0.15) is 4.98 Å². The van der Waals surface area contributed by atoms with E-state index < -0.39 is 0 Å².